The van der Waals surface area contributed by atoms with Gasteiger partial charge in [0.1, 0.15) is 12.2 Å². The second-order valence-corrected chi connectivity index (χ2v) is 4.80. The first-order valence-electron chi connectivity index (χ1n) is 5.78. The molecule has 0 radical (unpaired) electrons. The number of nitrogens with one attached hydrogen (secondary N) is 1. The van der Waals surface area contributed by atoms with Crippen LogP contribution >= 0.6 is 0 Å². The van der Waals surface area contributed by atoms with Gasteiger partial charge in [0.15, 0.2) is 0 Å². The van der Waals surface area contributed by atoms with Crippen LogP contribution in [-0.4, -0.2) is 18.6 Å². The van der Waals surface area contributed by atoms with E-state index >= 15 is 0 Å². The van der Waals surface area contributed by atoms with E-state index in [-0.39, 0.29) is 17.9 Å². The number of hydrogen-bond acceptors (Lipinski definition) is 3. The smallest absolute Gasteiger partial charge is 0.234 e. The van der Waals surface area contributed by atoms with Gasteiger partial charge in [-0.1, -0.05) is 12.1 Å². The third kappa shape index (κ3) is 4.46. The highest BCUT2D eigenvalue weighted by molar-refractivity contribution is 5.78. The van der Waals surface area contributed by atoms with Gasteiger partial charge in [0.05, 0.1) is 13.2 Å². The van der Waals surface area contributed by atoms with Crippen LogP contribution in [0.2, 0.25) is 0 Å². The predicted octanol–water partition coefficient (Wildman–Crippen LogP) is 2.05. The summed E-state index contributed by atoms with van der Waals surface area (Å²) < 4.78 is 5.16. The summed E-state index contributed by atoms with van der Waals surface area (Å²) in [6.45, 7) is 3.86. The van der Waals surface area contributed by atoms with E-state index in [1.165, 1.54) is 0 Å². The standard InChI is InChI=1S/C14H18N2O2/c1-14(2,16-13(17)7-8-15)10-11-5-4-6-12(9-11)18-3/h4-6,9H,7,10H2,1-3H3,(H,16,17). The number of benzene rings is 1. The molecule has 0 bridgehead atoms. The molecule has 0 saturated heterocycles. The average Bonchev–Trinajstić information content (AvgIpc) is 2.28. The molecule has 0 saturated carbocycles. The van der Waals surface area contributed by atoms with Crippen molar-refractivity contribution in [2.75, 3.05) is 7.11 Å². The second-order valence-electron chi connectivity index (χ2n) is 4.80. The van der Waals surface area contributed by atoms with Crippen LogP contribution in [0.4, 0.5) is 0 Å². The monoisotopic (exact) mass is 246 g/mol. The largest absolute Gasteiger partial charge is 0.497 e. The van der Waals surface area contributed by atoms with Crippen LogP contribution in [0.15, 0.2) is 24.3 Å². The van der Waals surface area contributed by atoms with E-state index in [0.29, 0.717) is 6.42 Å². The zero-order chi connectivity index (χ0) is 13.6. The van der Waals surface area contributed by atoms with Gasteiger partial charge in [-0.15, -0.1) is 0 Å². The molecule has 1 rings (SSSR count). The van der Waals surface area contributed by atoms with Crippen LogP contribution in [0.25, 0.3) is 0 Å². The summed E-state index contributed by atoms with van der Waals surface area (Å²) in [6.07, 6.45) is 0.572. The minimum absolute atomic E-state index is 0.110. The van der Waals surface area contributed by atoms with Gasteiger partial charge in [0.25, 0.3) is 0 Å². The fraction of sp³-hybridized carbons (Fsp3) is 0.429. The second kappa shape index (κ2) is 6.06. The van der Waals surface area contributed by atoms with Gasteiger partial charge < -0.3 is 10.1 Å². The van der Waals surface area contributed by atoms with E-state index in [1.54, 1.807) is 7.11 Å². The molecule has 4 heteroatoms. The van der Waals surface area contributed by atoms with Crippen LogP contribution in [0, 0.1) is 11.3 Å². The maximum absolute atomic E-state index is 11.4. The Morgan fingerprint density at radius 3 is 2.83 bits per heavy atom. The molecular formula is C14H18N2O2. The summed E-state index contributed by atoms with van der Waals surface area (Å²) in [4.78, 5) is 11.4. The lowest BCUT2D eigenvalue weighted by molar-refractivity contribution is -0.121. The molecule has 4 nitrogen and oxygen atoms in total. The molecular weight excluding hydrogens is 228 g/mol. The third-order valence-electron chi connectivity index (χ3n) is 2.50. The number of nitrogens with zero attached hydrogens (tertiary/aromatic N) is 1. The molecule has 0 unspecified atom stereocenters. The minimum atomic E-state index is -0.389. The van der Waals surface area contributed by atoms with E-state index in [4.69, 9.17) is 10.00 Å². The van der Waals surface area contributed by atoms with Gasteiger partial charge in [-0.2, -0.15) is 5.26 Å². The Kier molecular flexibility index (Phi) is 4.73. The van der Waals surface area contributed by atoms with Crippen molar-refractivity contribution < 1.29 is 9.53 Å². The Morgan fingerprint density at radius 2 is 2.22 bits per heavy atom. The van der Waals surface area contributed by atoms with E-state index in [9.17, 15) is 4.79 Å². The Balaban J connectivity index is 2.69. The van der Waals surface area contributed by atoms with Gasteiger partial charge in [0, 0.05) is 5.54 Å². The molecule has 1 amide bonds. The summed E-state index contributed by atoms with van der Waals surface area (Å²) in [7, 11) is 1.62. The van der Waals surface area contributed by atoms with Crippen molar-refractivity contribution in [2.24, 2.45) is 0 Å². The van der Waals surface area contributed by atoms with Gasteiger partial charge >= 0.3 is 0 Å². The minimum Gasteiger partial charge on any atom is -0.497 e. The highest BCUT2D eigenvalue weighted by Gasteiger charge is 2.20. The molecule has 18 heavy (non-hydrogen) atoms. The molecule has 1 aromatic rings. The van der Waals surface area contributed by atoms with Gasteiger partial charge in [-0.3, -0.25) is 4.79 Å². The Labute approximate surface area is 108 Å². The van der Waals surface area contributed by atoms with E-state index in [1.807, 2.05) is 44.2 Å². The van der Waals surface area contributed by atoms with Crippen molar-refractivity contribution in [2.45, 2.75) is 32.2 Å². The number of methoxy groups -OCH3 is 1. The summed E-state index contributed by atoms with van der Waals surface area (Å²) in [5, 5.41) is 11.3. The number of carbonyl (C=O) groups excluding carboxylic acids is 1. The van der Waals surface area contributed by atoms with Crippen molar-refractivity contribution in [3.8, 4) is 11.8 Å². The van der Waals surface area contributed by atoms with Crippen LogP contribution in [0.1, 0.15) is 25.8 Å². The number of nitriles is 1. The van der Waals surface area contributed by atoms with E-state index in [2.05, 4.69) is 5.32 Å². The highest BCUT2D eigenvalue weighted by atomic mass is 16.5. The molecule has 0 fully saturated rings. The van der Waals surface area contributed by atoms with Crippen molar-refractivity contribution in [1.29, 1.82) is 5.26 Å². The van der Waals surface area contributed by atoms with E-state index in [0.717, 1.165) is 11.3 Å². The molecule has 0 heterocycles. The molecule has 0 aliphatic carbocycles. The van der Waals surface area contributed by atoms with Gasteiger partial charge in [0.2, 0.25) is 5.91 Å². The molecule has 0 spiro atoms. The van der Waals surface area contributed by atoms with Crippen LogP contribution in [0.3, 0.4) is 0 Å². The number of ether oxygens (including phenoxy) is 1. The Hall–Kier alpha value is -2.02. The van der Waals surface area contributed by atoms with E-state index < -0.39 is 0 Å². The molecule has 1 aromatic carbocycles. The normalized spacial score (nSPS) is 10.6. The van der Waals surface area contributed by atoms with Crippen LogP contribution in [0.5, 0.6) is 5.75 Å². The lowest BCUT2D eigenvalue weighted by Gasteiger charge is -2.26. The maximum Gasteiger partial charge on any atom is 0.234 e. The number of hydrogen-bond donors (Lipinski definition) is 1. The van der Waals surface area contributed by atoms with Crippen molar-refractivity contribution in [3.05, 3.63) is 29.8 Å². The molecule has 0 aromatic heterocycles. The maximum atomic E-state index is 11.4. The van der Waals surface area contributed by atoms with Gasteiger partial charge in [-0.25, -0.2) is 0 Å². The summed E-state index contributed by atoms with van der Waals surface area (Å²) >= 11 is 0. The Morgan fingerprint density at radius 1 is 1.50 bits per heavy atom. The van der Waals surface area contributed by atoms with Gasteiger partial charge in [-0.05, 0) is 38.0 Å². The molecule has 0 atom stereocenters. The first kappa shape index (κ1) is 14.0. The first-order chi connectivity index (χ1) is 8.46. The fourth-order valence-electron chi connectivity index (χ4n) is 1.83. The lowest BCUT2D eigenvalue weighted by Crippen LogP contribution is -2.44. The van der Waals surface area contributed by atoms with Crippen molar-refractivity contribution >= 4 is 5.91 Å². The first-order valence-corrected chi connectivity index (χ1v) is 5.78. The Bertz CT molecular complexity index is 461. The molecule has 1 N–H and O–H groups in total. The predicted molar refractivity (Wildman–Crippen MR) is 69.1 cm³/mol. The average molecular weight is 246 g/mol. The van der Waals surface area contributed by atoms with Crippen molar-refractivity contribution in [3.63, 3.8) is 0 Å². The molecule has 0 aliphatic rings. The highest BCUT2D eigenvalue weighted by Crippen LogP contribution is 2.18. The fourth-order valence-corrected chi connectivity index (χ4v) is 1.83. The zero-order valence-corrected chi connectivity index (χ0v) is 11.0. The summed E-state index contributed by atoms with van der Waals surface area (Å²) in [5.41, 5.74) is 0.692. The SMILES string of the molecule is COc1cccc(CC(C)(C)NC(=O)CC#N)c1. The third-order valence-corrected chi connectivity index (χ3v) is 2.50. The van der Waals surface area contributed by atoms with Crippen molar-refractivity contribution in [1.82, 2.24) is 5.32 Å². The van der Waals surface area contributed by atoms with Crippen LogP contribution < -0.4 is 10.1 Å². The lowest BCUT2D eigenvalue weighted by atomic mass is 9.94. The number of carbonyl (C=O) groups is 1. The summed E-state index contributed by atoms with van der Waals surface area (Å²) in [6, 6.07) is 9.57. The topological polar surface area (TPSA) is 62.1 Å². The summed E-state index contributed by atoms with van der Waals surface area (Å²) in [5.74, 6) is 0.553. The number of amides is 1. The zero-order valence-electron chi connectivity index (χ0n) is 11.0. The van der Waals surface area contributed by atoms with Crippen LogP contribution in [-0.2, 0) is 11.2 Å². The number of rotatable bonds is 5. The molecule has 96 valence electrons. The quantitative estimate of drug-likeness (QED) is 0.864. The molecule has 0 aliphatic heterocycles.